The van der Waals surface area contributed by atoms with Gasteiger partial charge >= 0.3 is 0 Å². The van der Waals surface area contributed by atoms with E-state index in [9.17, 15) is 0 Å². The highest BCUT2D eigenvalue weighted by Gasteiger charge is 2.17. The topological polar surface area (TPSA) is 43.8 Å². The van der Waals surface area contributed by atoms with E-state index in [0.29, 0.717) is 5.95 Å². The van der Waals surface area contributed by atoms with Crippen LogP contribution in [0.15, 0.2) is 6.20 Å². The number of nitrogens with two attached hydrogens (primary N) is 1. The predicted molar refractivity (Wildman–Crippen MR) is 56.8 cm³/mol. The summed E-state index contributed by atoms with van der Waals surface area (Å²) in [6, 6.07) is 0. The summed E-state index contributed by atoms with van der Waals surface area (Å²) >= 11 is 2.04. The highest BCUT2D eigenvalue weighted by molar-refractivity contribution is 7.99. The lowest BCUT2D eigenvalue weighted by Crippen LogP contribution is -2.13. The molecule has 0 aromatic carbocycles. The number of thioether (sulfide) groups is 1. The van der Waals surface area contributed by atoms with Crippen LogP contribution in [0.2, 0.25) is 0 Å². The van der Waals surface area contributed by atoms with Crippen LogP contribution in [0.1, 0.15) is 12.1 Å². The molecule has 2 N–H and O–H groups in total. The first-order chi connectivity index (χ1) is 6.27. The first-order valence-corrected chi connectivity index (χ1v) is 5.78. The number of hydrogen-bond acceptors (Lipinski definition) is 3. The zero-order chi connectivity index (χ0) is 9.26. The molecule has 3 nitrogen and oxygen atoms in total. The summed E-state index contributed by atoms with van der Waals surface area (Å²) in [5.41, 5.74) is 6.94. The van der Waals surface area contributed by atoms with Crippen LogP contribution < -0.4 is 5.73 Å². The summed E-state index contributed by atoms with van der Waals surface area (Å²) in [7, 11) is 0. The van der Waals surface area contributed by atoms with Crippen LogP contribution in [0.25, 0.3) is 0 Å². The monoisotopic (exact) mass is 197 g/mol. The molecule has 1 aromatic heterocycles. The van der Waals surface area contributed by atoms with E-state index in [1.807, 2.05) is 18.0 Å². The Morgan fingerprint density at radius 2 is 2.62 bits per heavy atom. The second-order valence-electron chi connectivity index (χ2n) is 3.60. The number of nitrogens with zero attached hydrogens (tertiary/aromatic N) is 2. The minimum absolute atomic E-state index is 0.661. The Morgan fingerprint density at radius 1 is 1.77 bits per heavy atom. The van der Waals surface area contributed by atoms with E-state index in [0.717, 1.165) is 12.5 Å². The largest absolute Gasteiger partial charge is 0.369 e. The summed E-state index contributed by atoms with van der Waals surface area (Å²) in [4.78, 5) is 4.09. The molecule has 2 rings (SSSR count). The van der Waals surface area contributed by atoms with Crippen molar-refractivity contribution < 1.29 is 0 Å². The molecular formula is C9H15N3S. The van der Waals surface area contributed by atoms with Gasteiger partial charge in [-0.1, -0.05) is 0 Å². The highest BCUT2D eigenvalue weighted by atomic mass is 32.2. The van der Waals surface area contributed by atoms with Crippen LogP contribution in [0.5, 0.6) is 0 Å². The standard InChI is InChI=1S/C9H15N3S/c1-7-4-11-9(10)12(7)5-8-2-3-13-6-8/h4,8H,2-3,5-6H2,1H3,(H2,10,11). The van der Waals surface area contributed by atoms with Crippen LogP contribution in [-0.4, -0.2) is 21.1 Å². The van der Waals surface area contributed by atoms with Gasteiger partial charge in [0.05, 0.1) is 6.20 Å². The van der Waals surface area contributed by atoms with Crippen molar-refractivity contribution in [2.75, 3.05) is 17.2 Å². The van der Waals surface area contributed by atoms with E-state index in [1.165, 1.54) is 23.6 Å². The average Bonchev–Trinajstić information content (AvgIpc) is 2.70. The van der Waals surface area contributed by atoms with Crippen molar-refractivity contribution in [2.24, 2.45) is 5.92 Å². The summed E-state index contributed by atoms with van der Waals surface area (Å²) < 4.78 is 2.12. The number of imidazole rings is 1. The Kier molecular flexibility index (Phi) is 2.49. The molecule has 72 valence electrons. The molecule has 4 heteroatoms. The van der Waals surface area contributed by atoms with E-state index in [-0.39, 0.29) is 0 Å². The molecular weight excluding hydrogens is 182 g/mol. The molecule has 0 bridgehead atoms. The van der Waals surface area contributed by atoms with Crippen molar-refractivity contribution in [3.8, 4) is 0 Å². The van der Waals surface area contributed by atoms with Crippen LogP contribution >= 0.6 is 11.8 Å². The number of rotatable bonds is 2. The molecule has 1 saturated heterocycles. The van der Waals surface area contributed by atoms with Crippen LogP contribution in [0, 0.1) is 12.8 Å². The minimum Gasteiger partial charge on any atom is -0.369 e. The second kappa shape index (κ2) is 3.62. The molecule has 1 unspecified atom stereocenters. The molecule has 13 heavy (non-hydrogen) atoms. The Morgan fingerprint density at radius 3 is 3.15 bits per heavy atom. The van der Waals surface area contributed by atoms with Crippen LogP contribution in [-0.2, 0) is 6.54 Å². The van der Waals surface area contributed by atoms with Crippen molar-refractivity contribution >= 4 is 17.7 Å². The van der Waals surface area contributed by atoms with Gasteiger partial charge < -0.3 is 10.3 Å². The van der Waals surface area contributed by atoms with Gasteiger partial charge in [0.2, 0.25) is 0 Å². The van der Waals surface area contributed by atoms with Gasteiger partial charge in [0, 0.05) is 12.2 Å². The maximum Gasteiger partial charge on any atom is 0.200 e. The van der Waals surface area contributed by atoms with Crippen LogP contribution in [0.4, 0.5) is 5.95 Å². The van der Waals surface area contributed by atoms with Crippen molar-refractivity contribution in [1.82, 2.24) is 9.55 Å². The molecule has 1 aliphatic rings. The smallest absolute Gasteiger partial charge is 0.200 e. The quantitative estimate of drug-likeness (QED) is 0.782. The van der Waals surface area contributed by atoms with E-state index in [1.54, 1.807) is 0 Å². The fourth-order valence-corrected chi connectivity index (χ4v) is 2.97. The molecule has 1 fully saturated rings. The fraction of sp³-hybridized carbons (Fsp3) is 0.667. The molecule has 0 saturated carbocycles. The van der Waals surface area contributed by atoms with Gasteiger partial charge in [-0.2, -0.15) is 11.8 Å². The molecule has 0 amide bonds. The molecule has 1 atom stereocenters. The summed E-state index contributed by atoms with van der Waals surface area (Å²) in [5.74, 6) is 4.03. The predicted octanol–water partition coefficient (Wildman–Crippen LogP) is 1.53. The molecule has 2 heterocycles. The summed E-state index contributed by atoms with van der Waals surface area (Å²) in [6.45, 7) is 3.11. The van der Waals surface area contributed by atoms with Gasteiger partial charge in [0.1, 0.15) is 0 Å². The third kappa shape index (κ3) is 1.82. The number of aromatic nitrogens is 2. The first-order valence-electron chi connectivity index (χ1n) is 4.62. The zero-order valence-electron chi connectivity index (χ0n) is 7.86. The Bertz CT molecular complexity index is 270. The highest BCUT2D eigenvalue weighted by Crippen LogP contribution is 2.25. The van der Waals surface area contributed by atoms with Gasteiger partial charge in [-0.3, -0.25) is 0 Å². The van der Waals surface area contributed by atoms with Gasteiger partial charge in [-0.15, -0.1) is 0 Å². The Balaban J connectivity index is 2.07. The van der Waals surface area contributed by atoms with Gasteiger partial charge in [-0.05, 0) is 30.8 Å². The van der Waals surface area contributed by atoms with E-state index >= 15 is 0 Å². The van der Waals surface area contributed by atoms with Crippen molar-refractivity contribution in [2.45, 2.75) is 19.9 Å². The Hall–Kier alpha value is -0.640. The maximum atomic E-state index is 5.76. The lowest BCUT2D eigenvalue weighted by atomic mass is 10.1. The van der Waals surface area contributed by atoms with Crippen molar-refractivity contribution in [1.29, 1.82) is 0 Å². The number of aryl methyl sites for hydroxylation is 1. The fourth-order valence-electron chi connectivity index (χ4n) is 1.70. The van der Waals surface area contributed by atoms with E-state index in [2.05, 4.69) is 16.5 Å². The Labute approximate surface area is 82.7 Å². The minimum atomic E-state index is 0.661. The molecule has 0 aliphatic carbocycles. The molecule has 1 aromatic rings. The lowest BCUT2D eigenvalue weighted by Gasteiger charge is -2.12. The number of nitrogen functional groups attached to an aromatic ring is 1. The lowest BCUT2D eigenvalue weighted by molar-refractivity contribution is 0.491. The SMILES string of the molecule is Cc1cnc(N)n1CC1CCSC1. The van der Waals surface area contributed by atoms with Crippen molar-refractivity contribution in [3.05, 3.63) is 11.9 Å². The third-order valence-corrected chi connectivity index (χ3v) is 3.78. The van der Waals surface area contributed by atoms with Gasteiger partial charge in [-0.25, -0.2) is 4.98 Å². The number of anilines is 1. The maximum absolute atomic E-state index is 5.76. The van der Waals surface area contributed by atoms with Crippen LogP contribution in [0.3, 0.4) is 0 Å². The summed E-state index contributed by atoms with van der Waals surface area (Å²) in [6.07, 6.45) is 3.17. The number of hydrogen-bond donors (Lipinski definition) is 1. The average molecular weight is 197 g/mol. The normalized spacial score (nSPS) is 22.4. The molecule has 0 spiro atoms. The molecule has 0 radical (unpaired) electrons. The molecule has 1 aliphatic heterocycles. The van der Waals surface area contributed by atoms with Crippen molar-refractivity contribution in [3.63, 3.8) is 0 Å². The first kappa shape index (κ1) is 8.94. The summed E-state index contributed by atoms with van der Waals surface area (Å²) in [5, 5.41) is 0. The van der Waals surface area contributed by atoms with Gasteiger partial charge in [0.15, 0.2) is 5.95 Å². The van der Waals surface area contributed by atoms with E-state index in [4.69, 9.17) is 5.73 Å². The zero-order valence-corrected chi connectivity index (χ0v) is 8.68. The third-order valence-electron chi connectivity index (χ3n) is 2.55. The second-order valence-corrected chi connectivity index (χ2v) is 4.75. The van der Waals surface area contributed by atoms with Gasteiger partial charge in [0.25, 0.3) is 0 Å². The van der Waals surface area contributed by atoms with E-state index < -0.39 is 0 Å².